The maximum Gasteiger partial charge on any atom is 0.264 e. The van der Waals surface area contributed by atoms with E-state index in [0.29, 0.717) is 23.1 Å². The van der Waals surface area contributed by atoms with Crippen LogP contribution in [0.3, 0.4) is 0 Å². The third-order valence-corrected chi connectivity index (χ3v) is 10.4. The van der Waals surface area contributed by atoms with Crippen LogP contribution >= 0.6 is 0 Å². The average Bonchev–Trinajstić information content (AvgIpc) is 3.67. The first-order chi connectivity index (χ1) is 19.3. The van der Waals surface area contributed by atoms with Gasteiger partial charge in [0.15, 0.2) is 0 Å². The van der Waals surface area contributed by atoms with Gasteiger partial charge in [0.2, 0.25) is 5.95 Å². The van der Waals surface area contributed by atoms with Crippen molar-refractivity contribution in [1.82, 2.24) is 14.9 Å². The molecule has 41 heavy (non-hydrogen) atoms. The second kappa shape index (κ2) is 9.93. The number of aryl methyl sites for hydroxylation is 3. The molecule has 2 saturated carbocycles. The number of hydrogen-bond acceptors (Lipinski definition) is 5. The number of nitrogens with one attached hydrogen (secondary N) is 1. The van der Waals surface area contributed by atoms with E-state index in [-0.39, 0.29) is 34.2 Å². The molecule has 0 radical (unpaired) electrons. The number of sulfonamides is 1. The van der Waals surface area contributed by atoms with Gasteiger partial charge in [0.25, 0.3) is 15.9 Å². The van der Waals surface area contributed by atoms with Crippen LogP contribution in [0.4, 0.5) is 5.95 Å². The molecule has 1 spiro atoms. The fourth-order valence-electron chi connectivity index (χ4n) is 6.85. The van der Waals surface area contributed by atoms with Crippen molar-refractivity contribution in [2.45, 2.75) is 96.5 Å². The van der Waals surface area contributed by atoms with Crippen molar-refractivity contribution in [3.63, 3.8) is 0 Å². The fraction of sp³-hybridized carbons (Fsp3) is 0.485. The van der Waals surface area contributed by atoms with Crippen LogP contribution in [-0.4, -0.2) is 41.3 Å². The monoisotopic (exact) mass is 572 g/mol. The zero-order valence-electron chi connectivity index (χ0n) is 24.7. The molecular formula is C33H40N4O3S. The SMILES string of the molecule is Cc1cccc(C)c1-c1cc2nc(n1)NS(=O)(=O)c1cccc(c1)C(=O)N(C1CC3(CC3)C1)[C@H](CC(C)(C)C)CC2. The lowest BCUT2D eigenvalue weighted by molar-refractivity contribution is 0.0142. The molecule has 1 aliphatic heterocycles. The molecule has 8 heteroatoms. The second-order valence-electron chi connectivity index (χ2n) is 13.7. The van der Waals surface area contributed by atoms with E-state index in [1.54, 1.807) is 12.1 Å². The van der Waals surface area contributed by atoms with E-state index >= 15 is 0 Å². The maximum atomic E-state index is 14.3. The summed E-state index contributed by atoms with van der Waals surface area (Å²) in [5, 5.41) is 0. The number of nitrogens with zero attached hydrogens (tertiary/aromatic N) is 3. The highest BCUT2D eigenvalue weighted by atomic mass is 32.2. The fourth-order valence-corrected chi connectivity index (χ4v) is 7.84. The second-order valence-corrected chi connectivity index (χ2v) is 15.4. The summed E-state index contributed by atoms with van der Waals surface area (Å²) in [6, 6.07) is 14.7. The van der Waals surface area contributed by atoms with Crippen LogP contribution in [0.25, 0.3) is 11.3 Å². The molecule has 6 rings (SSSR count). The third-order valence-electron chi connectivity index (χ3n) is 9.03. The Hall–Kier alpha value is -3.26. The Labute approximate surface area is 243 Å². The number of hydrogen-bond donors (Lipinski definition) is 1. The maximum absolute atomic E-state index is 14.3. The Morgan fingerprint density at radius 2 is 1.68 bits per heavy atom. The van der Waals surface area contributed by atoms with E-state index in [0.717, 1.165) is 48.1 Å². The van der Waals surface area contributed by atoms with Gasteiger partial charge in [-0.15, -0.1) is 0 Å². The van der Waals surface area contributed by atoms with Crippen molar-refractivity contribution in [1.29, 1.82) is 0 Å². The molecule has 216 valence electrons. The molecule has 0 unspecified atom stereocenters. The summed E-state index contributed by atoms with van der Waals surface area (Å²) in [6.45, 7) is 10.7. The molecule has 2 fully saturated rings. The molecule has 0 saturated heterocycles. The van der Waals surface area contributed by atoms with Crippen molar-refractivity contribution in [2.75, 3.05) is 4.72 Å². The minimum Gasteiger partial charge on any atom is -0.333 e. The van der Waals surface area contributed by atoms with Crippen LogP contribution in [0, 0.1) is 24.7 Å². The van der Waals surface area contributed by atoms with Crippen molar-refractivity contribution >= 4 is 21.9 Å². The van der Waals surface area contributed by atoms with Gasteiger partial charge < -0.3 is 4.90 Å². The van der Waals surface area contributed by atoms with Gasteiger partial charge in [0, 0.05) is 28.9 Å². The van der Waals surface area contributed by atoms with Crippen LogP contribution in [-0.2, 0) is 16.4 Å². The summed E-state index contributed by atoms with van der Waals surface area (Å²) in [6.07, 6.45) is 6.76. The lowest BCUT2D eigenvalue weighted by Gasteiger charge is -2.48. The van der Waals surface area contributed by atoms with E-state index in [9.17, 15) is 13.2 Å². The molecule has 7 nitrogen and oxygen atoms in total. The number of anilines is 1. The van der Waals surface area contributed by atoms with Crippen LogP contribution in [0.1, 0.15) is 86.5 Å². The van der Waals surface area contributed by atoms with Gasteiger partial charge in [-0.2, -0.15) is 0 Å². The number of amides is 1. The minimum atomic E-state index is -4.03. The summed E-state index contributed by atoms with van der Waals surface area (Å²) >= 11 is 0. The zero-order chi connectivity index (χ0) is 29.2. The number of benzene rings is 2. The molecule has 2 aromatic carbocycles. The Bertz CT molecular complexity index is 1590. The predicted octanol–water partition coefficient (Wildman–Crippen LogP) is 6.70. The third kappa shape index (κ3) is 5.63. The highest BCUT2D eigenvalue weighted by molar-refractivity contribution is 7.92. The molecule has 1 atom stereocenters. The number of aromatic nitrogens is 2. The number of carbonyl (C=O) groups is 1. The standard InChI is InChI=1S/C33H40N4O3S/c1-21-8-6-9-22(2)29(21)28-17-24-12-13-25(18-32(3,4)5)37(26-19-33(20-26)14-15-33)30(38)23-10-7-11-27(16-23)41(39,40)36-31(34-24)35-28/h6-11,16-17,25-26H,12-15,18-20H2,1-5H3,(H,34,35,36)/t25-/m0/s1. The van der Waals surface area contributed by atoms with Crippen LogP contribution in [0.2, 0.25) is 0 Å². The van der Waals surface area contributed by atoms with E-state index in [1.165, 1.54) is 25.0 Å². The van der Waals surface area contributed by atoms with Gasteiger partial charge in [0.05, 0.1) is 10.6 Å². The summed E-state index contributed by atoms with van der Waals surface area (Å²) in [5.74, 6) is -0.0277. The van der Waals surface area contributed by atoms with E-state index in [2.05, 4.69) is 35.4 Å². The van der Waals surface area contributed by atoms with Gasteiger partial charge in [-0.25, -0.2) is 23.1 Å². The average molecular weight is 573 g/mol. The number of fused-ring (bicyclic) bond motifs is 4. The van der Waals surface area contributed by atoms with Gasteiger partial charge in [-0.05, 0) is 105 Å². The Balaban J connectivity index is 1.49. The summed E-state index contributed by atoms with van der Waals surface area (Å²) < 4.78 is 29.8. The van der Waals surface area contributed by atoms with Gasteiger partial charge in [0.1, 0.15) is 0 Å². The van der Waals surface area contributed by atoms with Crippen molar-refractivity contribution in [2.24, 2.45) is 10.8 Å². The van der Waals surface area contributed by atoms with Gasteiger partial charge >= 0.3 is 0 Å². The van der Waals surface area contributed by atoms with Crippen molar-refractivity contribution < 1.29 is 13.2 Å². The molecule has 1 aromatic heterocycles. The Kier molecular flexibility index (Phi) is 6.76. The van der Waals surface area contributed by atoms with Crippen LogP contribution in [0.15, 0.2) is 53.4 Å². The minimum absolute atomic E-state index is 0.000335. The summed E-state index contributed by atoms with van der Waals surface area (Å²) in [4.78, 5) is 25.8. The Morgan fingerprint density at radius 3 is 2.34 bits per heavy atom. The normalized spacial score (nSPS) is 21.7. The molecule has 1 amide bonds. The largest absolute Gasteiger partial charge is 0.333 e. The van der Waals surface area contributed by atoms with Crippen LogP contribution < -0.4 is 4.72 Å². The van der Waals surface area contributed by atoms with Crippen molar-refractivity contribution in [3.8, 4) is 11.3 Å². The lowest BCUT2D eigenvalue weighted by Crippen LogP contribution is -2.54. The quantitative estimate of drug-likeness (QED) is 0.377. The number of carbonyl (C=O) groups excluding carboxylic acids is 1. The highest BCUT2D eigenvalue weighted by Gasteiger charge is 2.56. The summed E-state index contributed by atoms with van der Waals surface area (Å²) in [7, 11) is -4.03. The van der Waals surface area contributed by atoms with E-state index < -0.39 is 10.0 Å². The molecule has 2 heterocycles. The smallest absolute Gasteiger partial charge is 0.264 e. The number of rotatable bonds is 3. The van der Waals surface area contributed by atoms with Crippen LogP contribution in [0.5, 0.6) is 0 Å². The molecule has 3 aliphatic rings. The van der Waals surface area contributed by atoms with E-state index in [1.807, 2.05) is 38.1 Å². The molecule has 3 aromatic rings. The van der Waals surface area contributed by atoms with Gasteiger partial charge in [-0.3, -0.25) is 4.79 Å². The molecule has 2 aliphatic carbocycles. The first-order valence-electron chi connectivity index (χ1n) is 14.7. The molecule has 4 bridgehead atoms. The molecular weight excluding hydrogens is 532 g/mol. The Morgan fingerprint density at radius 1 is 1.00 bits per heavy atom. The zero-order valence-corrected chi connectivity index (χ0v) is 25.5. The highest BCUT2D eigenvalue weighted by Crippen LogP contribution is 2.62. The topological polar surface area (TPSA) is 92.3 Å². The lowest BCUT2D eigenvalue weighted by atomic mass is 9.74. The predicted molar refractivity (Wildman–Crippen MR) is 161 cm³/mol. The van der Waals surface area contributed by atoms with Crippen molar-refractivity contribution in [3.05, 3.63) is 70.9 Å². The molecule has 1 N–H and O–H groups in total. The summed E-state index contributed by atoms with van der Waals surface area (Å²) in [5.41, 5.74) is 5.41. The first-order valence-corrected chi connectivity index (χ1v) is 16.2. The van der Waals surface area contributed by atoms with E-state index in [4.69, 9.17) is 4.98 Å². The van der Waals surface area contributed by atoms with Gasteiger partial charge in [-0.1, -0.05) is 45.0 Å². The first kappa shape index (κ1) is 27.9.